The molecule has 0 bridgehead atoms. The first-order valence-corrected chi connectivity index (χ1v) is 6.84. The maximum absolute atomic E-state index is 11.5. The van der Waals surface area contributed by atoms with Gasteiger partial charge >= 0.3 is 5.97 Å². The molecule has 1 unspecified atom stereocenters. The molecule has 2 nitrogen and oxygen atoms in total. The van der Waals surface area contributed by atoms with E-state index in [2.05, 4.69) is 25.1 Å². The van der Waals surface area contributed by atoms with Crippen molar-refractivity contribution in [3.8, 4) is 0 Å². The Hall–Kier alpha value is -2.35. The van der Waals surface area contributed by atoms with Crippen molar-refractivity contribution < 1.29 is 9.90 Å². The molecule has 1 N–H and O–H groups in total. The molecule has 0 saturated heterocycles. The number of allylic oxidation sites excluding steroid dienone is 1. The summed E-state index contributed by atoms with van der Waals surface area (Å²) in [5, 5.41) is 9.41. The van der Waals surface area contributed by atoms with Gasteiger partial charge in [0.25, 0.3) is 0 Å². The summed E-state index contributed by atoms with van der Waals surface area (Å²) in [6, 6.07) is 15.5. The monoisotopic (exact) mass is 264 g/mol. The number of hydrogen-bond donors (Lipinski definition) is 1. The molecule has 1 atom stereocenters. The third kappa shape index (κ3) is 1.94. The summed E-state index contributed by atoms with van der Waals surface area (Å²) in [5.41, 5.74) is 4.97. The van der Waals surface area contributed by atoms with Crippen LogP contribution in [0.25, 0.3) is 6.08 Å². The van der Waals surface area contributed by atoms with Gasteiger partial charge in [-0.25, -0.2) is 4.79 Å². The van der Waals surface area contributed by atoms with E-state index in [1.165, 1.54) is 16.7 Å². The largest absolute Gasteiger partial charge is 0.478 e. The summed E-state index contributed by atoms with van der Waals surface area (Å²) >= 11 is 0. The molecule has 0 amide bonds. The maximum Gasteiger partial charge on any atom is 0.335 e. The van der Waals surface area contributed by atoms with Crippen LogP contribution in [0.15, 0.2) is 54.1 Å². The van der Waals surface area contributed by atoms with Crippen LogP contribution in [0, 0.1) is 0 Å². The SMILES string of the molecule is CCC1=Cc2ccccc2C1c1ccccc1C(=O)O. The summed E-state index contributed by atoms with van der Waals surface area (Å²) in [4.78, 5) is 11.5. The quantitative estimate of drug-likeness (QED) is 0.896. The minimum Gasteiger partial charge on any atom is -0.478 e. The molecule has 0 saturated carbocycles. The van der Waals surface area contributed by atoms with E-state index in [4.69, 9.17) is 0 Å². The predicted molar refractivity (Wildman–Crippen MR) is 80.0 cm³/mol. The van der Waals surface area contributed by atoms with Crippen molar-refractivity contribution in [3.05, 3.63) is 76.4 Å². The Kier molecular flexibility index (Phi) is 3.15. The van der Waals surface area contributed by atoms with E-state index in [0.29, 0.717) is 5.56 Å². The van der Waals surface area contributed by atoms with Crippen LogP contribution in [0.2, 0.25) is 0 Å². The van der Waals surface area contributed by atoms with Gasteiger partial charge in [-0.2, -0.15) is 0 Å². The molecule has 0 heterocycles. The average Bonchev–Trinajstić information content (AvgIpc) is 2.85. The second-order valence-electron chi connectivity index (χ2n) is 5.03. The smallest absolute Gasteiger partial charge is 0.335 e. The Balaban J connectivity index is 2.19. The highest BCUT2D eigenvalue weighted by molar-refractivity contribution is 5.90. The first-order valence-electron chi connectivity index (χ1n) is 6.84. The van der Waals surface area contributed by atoms with Gasteiger partial charge in [0.15, 0.2) is 0 Å². The van der Waals surface area contributed by atoms with Crippen LogP contribution in [-0.2, 0) is 0 Å². The Bertz CT molecular complexity index is 698. The molecule has 1 aliphatic rings. The third-order valence-corrected chi connectivity index (χ3v) is 3.93. The second-order valence-corrected chi connectivity index (χ2v) is 5.03. The van der Waals surface area contributed by atoms with Gasteiger partial charge in [-0.15, -0.1) is 0 Å². The van der Waals surface area contributed by atoms with Gasteiger partial charge in [0.05, 0.1) is 5.56 Å². The number of carboxylic acid groups (broad SMARTS) is 1. The number of carboxylic acids is 1. The van der Waals surface area contributed by atoms with E-state index < -0.39 is 5.97 Å². The minimum absolute atomic E-state index is 0.0727. The lowest BCUT2D eigenvalue weighted by atomic mass is 9.85. The van der Waals surface area contributed by atoms with Crippen molar-refractivity contribution in [3.63, 3.8) is 0 Å². The number of aromatic carboxylic acids is 1. The number of hydrogen-bond acceptors (Lipinski definition) is 1. The number of carbonyl (C=O) groups is 1. The van der Waals surface area contributed by atoms with Crippen molar-refractivity contribution in [2.75, 3.05) is 0 Å². The fourth-order valence-corrected chi connectivity index (χ4v) is 3.00. The van der Waals surface area contributed by atoms with Crippen molar-refractivity contribution in [1.29, 1.82) is 0 Å². The zero-order chi connectivity index (χ0) is 14.1. The highest BCUT2D eigenvalue weighted by Gasteiger charge is 2.28. The van der Waals surface area contributed by atoms with Gasteiger partial charge in [0.2, 0.25) is 0 Å². The van der Waals surface area contributed by atoms with Crippen LogP contribution in [0.3, 0.4) is 0 Å². The van der Waals surface area contributed by atoms with E-state index in [9.17, 15) is 9.90 Å². The Morgan fingerprint density at radius 1 is 1.05 bits per heavy atom. The van der Waals surface area contributed by atoms with Crippen molar-refractivity contribution >= 4 is 12.0 Å². The lowest BCUT2D eigenvalue weighted by molar-refractivity contribution is 0.0695. The molecule has 100 valence electrons. The summed E-state index contributed by atoms with van der Waals surface area (Å²) < 4.78 is 0. The van der Waals surface area contributed by atoms with Crippen molar-refractivity contribution in [2.45, 2.75) is 19.3 Å². The standard InChI is InChI=1S/C18H16O2/c1-2-12-11-13-7-3-4-8-14(13)17(12)15-9-5-6-10-16(15)18(19)20/h3-11,17H,2H2,1H3,(H,19,20). The molecule has 0 radical (unpaired) electrons. The number of benzene rings is 2. The molecule has 0 fully saturated rings. The van der Waals surface area contributed by atoms with E-state index in [0.717, 1.165) is 12.0 Å². The van der Waals surface area contributed by atoms with E-state index in [-0.39, 0.29) is 5.92 Å². The van der Waals surface area contributed by atoms with Crippen LogP contribution in [-0.4, -0.2) is 11.1 Å². The normalized spacial score (nSPS) is 16.6. The molecule has 0 spiro atoms. The first-order chi connectivity index (χ1) is 9.72. The molecule has 3 rings (SSSR count). The maximum atomic E-state index is 11.5. The number of fused-ring (bicyclic) bond motifs is 1. The molecular formula is C18H16O2. The van der Waals surface area contributed by atoms with Gasteiger partial charge in [-0.05, 0) is 29.2 Å². The molecule has 2 heteroatoms. The minimum atomic E-state index is -0.861. The first kappa shape index (κ1) is 12.7. The molecule has 0 aliphatic heterocycles. The lowest BCUT2D eigenvalue weighted by Crippen LogP contribution is -2.08. The fourth-order valence-electron chi connectivity index (χ4n) is 3.00. The molecule has 1 aliphatic carbocycles. The summed E-state index contributed by atoms with van der Waals surface area (Å²) in [5.74, 6) is -0.788. The third-order valence-electron chi connectivity index (χ3n) is 3.93. The fraction of sp³-hybridized carbons (Fsp3) is 0.167. The van der Waals surface area contributed by atoms with E-state index in [1.807, 2.05) is 24.3 Å². The predicted octanol–water partition coefficient (Wildman–Crippen LogP) is 4.32. The lowest BCUT2D eigenvalue weighted by Gasteiger charge is -2.18. The molecular weight excluding hydrogens is 248 g/mol. The average molecular weight is 264 g/mol. The summed E-state index contributed by atoms with van der Waals surface area (Å²) in [7, 11) is 0. The van der Waals surface area contributed by atoms with Crippen molar-refractivity contribution in [1.82, 2.24) is 0 Å². The van der Waals surface area contributed by atoms with E-state index in [1.54, 1.807) is 12.1 Å². The molecule has 0 aromatic heterocycles. The van der Waals surface area contributed by atoms with Gasteiger partial charge in [0, 0.05) is 5.92 Å². The van der Waals surface area contributed by atoms with E-state index >= 15 is 0 Å². The molecule has 20 heavy (non-hydrogen) atoms. The van der Waals surface area contributed by atoms with Crippen LogP contribution in [0.5, 0.6) is 0 Å². The number of rotatable bonds is 3. The molecule has 2 aromatic carbocycles. The second kappa shape index (κ2) is 4.97. The van der Waals surface area contributed by atoms with Gasteiger partial charge in [-0.3, -0.25) is 0 Å². The van der Waals surface area contributed by atoms with Crippen molar-refractivity contribution in [2.24, 2.45) is 0 Å². The van der Waals surface area contributed by atoms with Gasteiger partial charge < -0.3 is 5.11 Å². The van der Waals surface area contributed by atoms with Crippen LogP contribution >= 0.6 is 0 Å². The Labute approximate surface area is 118 Å². The highest BCUT2D eigenvalue weighted by Crippen LogP contribution is 2.43. The summed E-state index contributed by atoms with van der Waals surface area (Å²) in [6.07, 6.45) is 3.12. The van der Waals surface area contributed by atoms with Crippen LogP contribution in [0.4, 0.5) is 0 Å². The van der Waals surface area contributed by atoms with Gasteiger partial charge in [-0.1, -0.05) is 61.0 Å². The Morgan fingerprint density at radius 3 is 2.40 bits per heavy atom. The van der Waals surface area contributed by atoms with Crippen LogP contribution in [0.1, 0.15) is 46.3 Å². The zero-order valence-electron chi connectivity index (χ0n) is 11.3. The highest BCUT2D eigenvalue weighted by atomic mass is 16.4. The molecule has 2 aromatic rings. The van der Waals surface area contributed by atoms with Crippen LogP contribution < -0.4 is 0 Å². The zero-order valence-corrected chi connectivity index (χ0v) is 11.3. The van der Waals surface area contributed by atoms with Gasteiger partial charge in [0.1, 0.15) is 0 Å². The topological polar surface area (TPSA) is 37.3 Å². The Morgan fingerprint density at radius 2 is 1.70 bits per heavy atom. The summed E-state index contributed by atoms with van der Waals surface area (Å²) in [6.45, 7) is 2.12.